The van der Waals surface area contributed by atoms with Gasteiger partial charge in [-0.25, -0.2) is 8.42 Å². The smallest absolute Gasteiger partial charge is 0.193 e. The van der Waals surface area contributed by atoms with Crippen molar-refractivity contribution in [2.24, 2.45) is 0 Å². The van der Waals surface area contributed by atoms with Gasteiger partial charge in [-0.1, -0.05) is 41.5 Å². The highest BCUT2D eigenvalue weighted by Crippen LogP contribution is 2.47. The maximum absolute atomic E-state index is 12.9. The van der Waals surface area contributed by atoms with Crippen molar-refractivity contribution in [2.45, 2.75) is 89.9 Å². The molecule has 0 unspecified atom stereocenters. The Morgan fingerprint density at radius 1 is 0.864 bits per heavy atom. The van der Waals surface area contributed by atoms with Gasteiger partial charge < -0.3 is 0 Å². The second kappa shape index (κ2) is 6.34. The number of thioether (sulfide) groups is 2. The van der Waals surface area contributed by atoms with Crippen molar-refractivity contribution >= 4 is 44.7 Å². The molecule has 0 aliphatic carbocycles. The van der Waals surface area contributed by atoms with Crippen LogP contribution in [-0.4, -0.2) is 22.7 Å². The van der Waals surface area contributed by atoms with Crippen molar-refractivity contribution in [3.8, 4) is 0 Å². The van der Waals surface area contributed by atoms with Crippen molar-refractivity contribution in [3.05, 3.63) is 6.07 Å². The summed E-state index contributed by atoms with van der Waals surface area (Å²) in [6.45, 7) is 18.1. The molecule has 1 heterocycles. The van der Waals surface area contributed by atoms with Gasteiger partial charge in [0.15, 0.2) is 9.84 Å². The molecule has 0 radical (unpaired) electrons. The van der Waals surface area contributed by atoms with Gasteiger partial charge in [0.2, 0.25) is 0 Å². The molecule has 1 aromatic heterocycles. The molecule has 22 heavy (non-hydrogen) atoms. The fourth-order valence-corrected chi connectivity index (χ4v) is 8.29. The van der Waals surface area contributed by atoms with Gasteiger partial charge in [-0.2, -0.15) is 0 Å². The van der Waals surface area contributed by atoms with Crippen molar-refractivity contribution in [2.75, 3.05) is 0 Å². The Kier molecular flexibility index (Phi) is 5.88. The number of hydrogen-bond acceptors (Lipinski definition) is 5. The Bertz CT molecular complexity index is 621. The SMILES string of the molecule is CC(C)(C)Sc1cc(SC(C)(C)C)c(S(=O)(=O)C(C)(C)C)s1. The van der Waals surface area contributed by atoms with Gasteiger partial charge in [-0.05, 0) is 26.8 Å². The van der Waals surface area contributed by atoms with Crippen LogP contribution in [0.25, 0.3) is 0 Å². The molecule has 0 atom stereocenters. The second-order valence-corrected chi connectivity index (χ2v) is 16.2. The van der Waals surface area contributed by atoms with E-state index in [-0.39, 0.29) is 9.49 Å². The highest BCUT2D eigenvalue weighted by molar-refractivity contribution is 8.04. The zero-order valence-electron chi connectivity index (χ0n) is 15.0. The van der Waals surface area contributed by atoms with Crippen LogP contribution in [0, 0.1) is 0 Å². The number of hydrogen-bond donors (Lipinski definition) is 0. The Labute approximate surface area is 148 Å². The first-order chi connectivity index (χ1) is 9.53. The van der Waals surface area contributed by atoms with E-state index in [1.807, 2.05) is 0 Å². The van der Waals surface area contributed by atoms with Crippen molar-refractivity contribution in [3.63, 3.8) is 0 Å². The summed E-state index contributed by atoms with van der Waals surface area (Å²) in [7, 11) is -3.33. The Morgan fingerprint density at radius 3 is 1.68 bits per heavy atom. The van der Waals surface area contributed by atoms with Crippen LogP contribution in [0.15, 0.2) is 19.4 Å². The van der Waals surface area contributed by atoms with Crippen LogP contribution in [-0.2, 0) is 9.84 Å². The van der Waals surface area contributed by atoms with Crippen LogP contribution in [0.2, 0.25) is 0 Å². The second-order valence-electron chi connectivity index (χ2n) is 8.26. The summed E-state index contributed by atoms with van der Waals surface area (Å²) in [6, 6.07) is 2.05. The van der Waals surface area contributed by atoms with E-state index in [2.05, 4.69) is 47.6 Å². The third kappa shape index (κ3) is 5.46. The van der Waals surface area contributed by atoms with E-state index in [1.54, 1.807) is 44.3 Å². The third-order valence-electron chi connectivity index (χ3n) is 2.52. The van der Waals surface area contributed by atoms with Gasteiger partial charge >= 0.3 is 0 Å². The van der Waals surface area contributed by atoms with E-state index < -0.39 is 14.6 Å². The average Bonchev–Trinajstić information content (AvgIpc) is 2.53. The molecule has 0 N–H and O–H groups in total. The van der Waals surface area contributed by atoms with Crippen LogP contribution in [0.3, 0.4) is 0 Å². The lowest BCUT2D eigenvalue weighted by molar-refractivity contribution is 0.560. The molecule has 0 aromatic carbocycles. The van der Waals surface area contributed by atoms with E-state index in [0.717, 1.165) is 9.10 Å². The first-order valence-corrected chi connectivity index (χ1v) is 11.2. The molecule has 2 nitrogen and oxygen atoms in total. The average molecular weight is 381 g/mol. The van der Waals surface area contributed by atoms with Crippen LogP contribution in [0.1, 0.15) is 62.3 Å². The van der Waals surface area contributed by atoms with Crippen molar-refractivity contribution < 1.29 is 8.42 Å². The largest absolute Gasteiger partial charge is 0.222 e. The molecule has 0 aliphatic rings. The van der Waals surface area contributed by atoms with E-state index in [9.17, 15) is 8.42 Å². The minimum Gasteiger partial charge on any atom is -0.222 e. The summed E-state index contributed by atoms with van der Waals surface area (Å²) in [6.07, 6.45) is 0. The molecule has 0 spiro atoms. The Balaban J connectivity index is 3.42. The van der Waals surface area contributed by atoms with Gasteiger partial charge in [0.1, 0.15) is 4.21 Å². The van der Waals surface area contributed by atoms with E-state index in [1.165, 1.54) is 11.3 Å². The summed E-state index contributed by atoms with van der Waals surface area (Å²) in [5.41, 5.74) is 0. The van der Waals surface area contributed by atoms with Crippen LogP contribution in [0.4, 0.5) is 0 Å². The molecule has 1 aromatic rings. The fraction of sp³-hybridized carbons (Fsp3) is 0.750. The minimum atomic E-state index is -3.33. The summed E-state index contributed by atoms with van der Waals surface area (Å²) < 4.78 is 26.7. The van der Waals surface area contributed by atoms with E-state index in [4.69, 9.17) is 0 Å². The lowest BCUT2D eigenvalue weighted by atomic mass is 10.3. The molecule has 0 bridgehead atoms. The molecular weight excluding hydrogens is 352 g/mol. The molecule has 0 fully saturated rings. The van der Waals surface area contributed by atoms with E-state index in [0.29, 0.717) is 4.21 Å². The molecular formula is C16H28O2S4. The van der Waals surface area contributed by atoms with Crippen molar-refractivity contribution in [1.29, 1.82) is 0 Å². The normalized spacial score (nSPS) is 14.4. The maximum atomic E-state index is 12.9. The third-order valence-corrected chi connectivity index (χ3v) is 9.31. The summed E-state index contributed by atoms with van der Waals surface area (Å²) in [5.74, 6) is 0. The maximum Gasteiger partial charge on any atom is 0.193 e. The first-order valence-electron chi connectivity index (χ1n) is 7.29. The summed E-state index contributed by atoms with van der Waals surface area (Å²) in [4.78, 5) is 0.888. The monoisotopic (exact) mass is 380 g/mol. The molecule has 1 rings (SSSR count). The predicted octanol–water partition coefficient (Wildman–Crippen LogP) is 6.10. The first kappa shape index (κ1) is 20.4. The highest BCUT2D eigenvalue weighted by atomic mass is 32.2. The predicted molar refractivity (Wildman–Crippen MR) is 102 cm³/mol. The van der Waals surface area contributed by atoms with Gasteiger partial charge in [-0.3, -0.25) is 0 Å². The van der Waals surface area contributed by atoms with Gasteiger partial charge in [0.25, 0.3) is 0 Å². The molecule has 0 amide bonds. The quantitative estimate of drug-likeness (QED) is 0.593. The van der Waals surface area contributed by atoms with Gasteiger partial charge in [-0.15, -0.1) is 34.9 Å². The molecule has 6 heteroatoms. The minimum absolute atomic E-state index is 0.0209. The Morgan fingerprint density at radius 2 is 1.32 bits per heavy atom. The molecule has 0 saturated carbocycles. The summed E-state index contributed by atoms with van der Waals surface area (Å²) >= 11 is 4.78. The summed E-state index contributed by atoms with van der Waals surface area (Å²) in [5, 5.41) is 0. The zero-order valence-corrected chi connectivity index (χ0v) is 18.3. The van der Waals surface area contributed by atoms with Crippen LogP contribution >= 0.6 is 34.9 Å². The molecule has 128 valence electrons. The lowest BCUT2D eigenvalue weighted by Crippen LogP contribution is -2.27. The fourth-order valence-electron chi connectivity index (χ4n) is 1.56. The standard InChI is InChI=1S/C16H28O2S4/c1-14(2,3)20-11-10-12(21-15(4,5)6)19-13(11)22(17,18)16(7,8)9/h10H,1-9H3. The number of sulfone groups is 1. The Hall–Kier alpha value is 0.350. The lowest BCUT2D eigenvalue weighted by Gasteiger charge is -2.21. The van der Waals surface area contributed by atoms with Gasteiger partial charge in [0.05, 0.1) is 8.96 Å². The van der Waals surface area contributed by atoms with Gasteiger partial charge in [0, 0.05) is 14.4 Å². The molecule has 0 saturated heterocycles. The highest BCUT2D eigenvalue weighted by Gasteiger charge is 2.36. The molecule has 0 aliphatic heterocycles. The van der Waals surface area contributed by atoms with Crippen LogP contribution in [0.5, 0.6) is 0 Å². The number of thiophene rings is 1. The zero-order chi connectivity index (χ0) is 17.6. The number of rotatable bonds is 3. The van der Waals surface area contributed by atoms with Crippen molar-refractivity contribution in [1.82, 2.24) is 0 Å². The van der Waals surface area contributed by atoms with Crippen LogP contribution < -0.4 is 0 Å². The van der Waals surface area contributed by atoms with E-state index >= 15 is 0 Å². The topological polar surface area (TPSA) is 34.1 Å².